The Kier molecular flexibility index (Phi) is 6.03. The van der Waals surface area contributed by atoms with Crippen molar-refractivity contribution in [3.8, 4) is 0 Å². The van der Waals surface area contributed by atoms with Crippen LogP contribution in [0.5, 0.6) is 0 Å². The van der Waals surface area contributed by atoms with Gasteiger partial charge in [-0.05, 0) is 41.0 Å². The fourth-order valence-electron chi connectivity index (χ4n) is 4.42. The normalized spacial score (nSPS) is 14.9. The highest BCUT2D eigenvalue weighted by atomic mass is 32.2. The first kappa shape index (κ1) is 23.3. The van der Waals surface area contributed by atoms with Crippen LogP contribution in [0.25, 0.3) is 0 Å². The van der Waals surface area contributed by atoms with E-state index in [0.717, 1.165) is 11.1 Å². The van der Waals surface area contributed by atoms with Crippen LogP contribution in [-0.2, 0) is 26.9 Å². The smallest absolute Gasteiger partial charge is 0.264 e. The van der Waals surface area contributed by atoms with Gasteiger partial charge in [-0.1, -0.05) is 91.0 Å². The molecule has 8 heteroatoms. The van der Waals surface area contributed by atoms with Gasteiger partial charge in [0.05, 0.1) is 11.4 Å². The first-order chi connectivity index (χ1) is 17.4. The number of carbonyl (C=O) groups excluding carboxylic acids is 1. The zero-order chi connectivity index (χ0) is 25.2. The third kappa shape index (κ3) is 4.23. The summed E-state index contributed by atoms with van der Waals surface area (Å²) in [5, 5.41) is 11.8. The number of hydrogen-bond donors (Lipinski definition) is 3. The van der Waals surface area contributed by atoms with Crippen molar-refractivity contribution in [1.29, 1.82) is 5.41 Å². The number of anilines is 1. The van der Waals surface area contributed by atoms with E-state index in [0.29, 0.717) is 11.3 Å². The summed E-state index contributed by atoms with van der Waals surface area (Å²) in [5.74, 6) is -0.303. The van der Waals surface area contributed by atoms with Crippen molar-refractivity contribution in [3.63, 3.8) is 0 Å². The lowest BCUT2D eigenvalue weighted by molar-refractivity contribution is -0.130. The molecule has 3 N–H and O–H groups in total. The van der Waals surface area contributed by atoms with Crippen LogP contribution in [-0.4, -0.2) is 25.2 Å². The van der Waals surface area contributed by atoms with Crippen LogP contribution in [0, 0.1) is 5.41 Å². The Hall–Kier alpha value is -4.43. The summed E-state index contributed by atoms with van der Waals surface area (Å²) < 4.78 is 28.1. The Balaban J connectivity index is 1.45. The van der Waals surface area contributed by atoms with E-state index >= 15 is 0 Å². The second-order valence-electron chi connectivity index (χ2n) is 8.47. The molecule has 4 aromatic rings. The third-order valence-electron chi connectivity index (χ3n) is 6.13. The van der Waals surface area contributed by atoms with E-state index in [-0.39, 0.29) is 23.3 Å². The maximum Gasteiger partial charge on any atom is 0.264 e. The highest BCUT2D eigenvalue weighted by Gasteiger charge is 2.52. The van der Waals surface area contributed by atoms with Crippen LogP contribution in [0.2, 0.25) is 0 Å². The van der Waals surface area contributed by atoms with E-state index in [1.54, 1.807) is 42.5 Å². The predicted octanol–water partition coefficient (Wildman–Crippen LogP) is 4.30. The summed E-state index contributed by atoms with van der Waals surface area (Å²) in [6.45, 7) is 0.104. The second-order valence-corrected chi connectivity index (χ2v) is 10.1. The Morgan fingerprint density at radius 3 is 1.92 bits per heavy atom. The van der Waals surface area contributed by atoms with Crippen molar-refractivity contribution in [1.82, 2.24) is 10.2 Å². The van der Waals surface area contributed by atoms with Gasteiger partial charge in [0.2, 0.25) is 0 Å². The first-order valence-corrected chi connectivity index (χ1v) is 12.8. The second kappa shape index (κ2) is 9.31. The van der Waals surface area contributed by atoms with Crippen molar-refractivity contribution in [2.24, 2.45) is 0 Å². The Bertz CT molecular complexity index is 1470. The van der Waals surface area contributed by atoms with Gasteiger partial charge in [-0.3, -0.25) is 19.8 Å². The van der Waals surface area contributed by atoms with Crippen molar-refractivity contribution in [2.45, 2.75) is 17.0 Å². The van der Waals surface area contributed by atoms with Gasteiger partial charge in [-0.25, -0.2) is 8.42 Å². The molecule has 1 heterocycles. The molecule has 36 heavy (non-hydrogen) atoms. The van der Waals surface area contributed by atoms with E-state index < -0.39 is 15.6 Å². The lowest BCUT2D eigenvalue weighted by Crippen LogP contribution is -2.45. The number of amides is 1. The number of hydrogen-bond acceptors (Lipinski definition) is 4. The SMILES string of the molecule is N=C1NC(c2ccccc2)(c2ccccc2)C(=O)N1Cc1cccc(NS(=O)(=O)c2ccccc2)c1. The van der Waals surface area contributed by atoms with Crippen LogP contribution < -0.4 is 10.0 Å². The van der Waals surface area contributed by atoms with Gasteiger partial charge in [0, 0.05) is 5.69 Å². The van der Waals surface area contributed by atoms with Crippen LogP contribution in [0.4, 0.5) is 5.69 Å². The minimum Gasteiger partial charge on any atom is -0.334 e. The molecule has 0 aromatic heterocycles. The molecule has 1 amide bonds. The van der Waals surface area contributed by atoms with E-state index in [2.05, 4.69) is 10.0 Å². The van der Waals surface area contributed by atoms with Crippen molar-refractivity contribution < 1.29 is 13.2 Å². The van der Waals surface area contributed by atoms with Crippen LogP contribution in [0.15, 0.2) is 120 Å². The highest BCUT2D eigenvalue weighted by molar-refractivity contribution is 7.92. The summed E-state index contributed by atoms with van der Waals surface area (Å²) in [7, 11) is -3.75. The summed E-state index contributed by atoms with van der Waals surface area (Å²) >= 11 is 0. The largest absolute Gasteiger partial charge is 0.334 e. The molecule has 1 aliphatic heterocycles. The quantitative estimate of drug-likeness (QED) is 0.355. The van der Waals surface area contributed by atoms with Gasteiger partial charge >= 0.3 is 0 Å². The lowest BCUT2D eigenvalue weighted by Gasteiger charge is -2.28. The highest BCUT2D eigenvalue weighted by Crippen LogP contribution is 2.36. The standard InChI is InChI=1S/C28H24N4O3S/c29-27-30-28(22-12-4-1-5-13-22,23-14-6-2-7-15-23)26(33)32(27)20-21-11-10-16-24(19-21)31-36(34,35)25-17-8-3-9-18-25/h1-19,31H,20H2,(H2,29,30). The Labute approximate surface area is 210 Å². The average Bonchev–Trinajstić information content (AvgIpc) is 3.16. The minimum atomic E-state index is -3.75. The molecule has 0 saturated carbocycles. The van der Waals surface area contributed by atoms with E-state index in [1.165, 1.54) is 17.0 Å². The number of nitrogens with zero attached hydrogens (tertiary/aromatic N) is 1. The van der Waals surface area contributed by atoms with Crippen molar-refractivity contribution in [3.05, 3.63) is 132 Å². The third-order valence-corrected chi connectivity index (χ3v) is 7.53. The summed E-state index contributed by atoms with van der Waals surface area (Å²) in [6.07, 6.45) is 0. The van der Waals surface area contributed by atoms with Gasteiger partial charge < -0.3 is 5.32 Å². The van der Waals surface area contributed by atoms with Crippen molar-refractivity contribution in [2.75, 3.05) is 4.72 Å². The molecule has 5 rings (SSSR count). The maximum atomic E-state index is 14.0. The number of benzene rings is 4. The number of nitrogens with one attached hydrogen (secondary N) is 3. The fraction of sp³-hybridized carbons (Fsp3) is 0.0714. The van der Waals surface area contributed by atoms with Crippen LogP contribution in [0.1, 0.15) is 16.7 Å². The summed E-state index contributed by atoms with van der Waals surface area (Å²) in [4.78, 5) is 15.5. The van der Waals surface area contributed by atoms with Gasteiger partial charge in [0.25, 0.3) is 15.9 Å². The molecular weight excluding hydrogens is 472 g/mol. The predicted molar refractivity (Wildman–Crippen MR) is 139 cm³/mol. The molecular formula is C28H24N4O3S. The monoisotopic (exact) mass is 496 g/mol. The summed E-state index contributed by atoms with van der Waals surface area (Å²) in [6, 6.07) is 33.7. The van der Waals surface area contributed by atoms with Gasteiger partial charge in [-0.2, -0.15) is 0 Å². The minimum absolute atomic E-state index is 0.0250. The molecule has 0 radical (unpaired) electrons. The molecule has 7 nitrogen and oxygen atoms in total. The Morgan fingerprint density at radius 2 is 1.33 bits per heavy atom. The fourth-order valence-corrected chi connectivity index (χ4v) is 5.49. The first-order valence-electron chi connectivity index (χ1n) is 11.4. The van der Waals surface area contributed by atoms with Crippen LogP contribution in [0.3, 0.4) is 0 Å². The van der Waals surface area contributed by atoms with E-state index in [9.17, 15) is 13.2 Å². The molecule has 4 aromatic carbocycles. The number of sulfonamides is 1. The average molecular weight is 497 g/mol. The molecule has 0 atom stereocenters. The van der Waals surface area contributed by atoms with Crippen molar-refractivity contribution >= 4 is 27.6 Å². The molecule has 1 saturated heterocycles. The molecule has 0 spiro atoms. The zero-order valence-corrected chi connectivity index (χ0v) is 20.1. The maximum absolute atomic E-state index is 14.0. The lowest BCUT2D eigenvalue weighted by atomic mass is 9.82. The Morgan fingerprint density at radius 1 is 0.778 bits per heavy atom. The topological polar surface area (TPSA) is 102 Å². The molecule has 1 aliphatic rings. The molecule has 0 aliphatic carbocycles. The summed E-state index contributed by atoms with van der Waals surface area (Å²) in [5.41, 5.74) is 1.29. The molecule has 0 unspecified atom stereocenters. The molecule has 180 valence electrons. The molecule has 0 bridgehead atoms. The van der Waals surface area contributed by atoms with Gasteiger partial charge in [0.15, 0.2) is 11.5 Å². The van der Waals surface area contributed by atoms with Gasteiger partial charge in [-0.15, -0.1) is 0 Å². The number of carbonyl (C=O) groups is 1. The number of rotatable bonds is 7. The van der Waals surface area contributed by atoms with Crippen LogP contribution >= 0.6 is 0 Å². The number of guanidine groups is 1. The van der Waals surface area contributed by atoms with Gasteiger partial charge in [0.1, 0.15) is 0 Å². The molecule has 1 fully saturated rings. The zero-order valence-electron chi connectivity index (χ0n) is 19.3. The van der Waals surface area contributed by atoms with E-state index in [4.69, 9.17) is 5.41 Å². The van der Waals surface area contributed by atoms with E-state index in [1.807, 2.05) is 60.7 Å².